The van der Waals surface area contributed by atoms with Crippen molar-refractivity contribution in [2.45, 2.75) is 38.4 Å². The van der Waals surface area contributed by atoms with Gasteiger partial charge in [0, 0.05) is 25.7 Å². The highest BCUT2D eigenvalue weighted by molar-refractivity contribution is 5.95. The molecule has 1 N–H and O–H groups in total. The van der Waals surface area contributed by atoms with Crippen molar-refractivity contribution in [3.05, 3.63) is 88.7 Å². The third-order valence-electron chi connectivity index (χ3n) is 5.88. The van der Waals surface area contributed by atoms with Crippen LogP contribution in [-0.2, 0) is 13.1 Å². The average molecular weight is 424 g/mol. The van der Waals surface area contributed by atoms with Gasteiger partial charge in [-0.25, -0.2) is 8.78 Å². The largest absolute Gasteiger partial charge is 0.337 e. The molecular formula is C24H26F2N4O. The molecule has 2 heterocycles. The van der Waals surface area contributed by atoms with Gasteiger partial charge in [-0.3, -0.25) is 14.8 Å². The van der Waals surface area contributed by atoms with Crippen molar-refractivity contribution < 1.29 is 13.6 Å². The standard InChI is InChI=1S/C24H26F2N4O/c1-29(15-17-8-3-2-4-9-17)24(31)18-14-27-28-23(18)22-12-5-6-13-30(22)16-19-20(25)10-7-11-21(19)26/h2-4,7-11,14,22H,5-6,12-13,15-16H2,1H3,(H,27,28)/t22-/m0/s1. The molecule has 162 valence electrons. The van der Waals surface area contributed by atoms with E-state index in [9.17, 15) is 13.6 Å². The van der Waals surface area contributed by atoms with Crippen LogP contribution < -0.4 is 0 Å². The van der Waals surface area contributed by atoms with Crippen molar-refractivity contribution in [3.63, 3.8) is 0 Å². The normalized spacial score (nSPS) is 16.9. The Bertz CT molecular complexity index is 1020. The van der Waals surface area contributed by atoms with Gasteiger partial charge in [0.1, 0.15) is 11.6 Å². The lowest BCUT2D eigenvalue weighted by atomic mass is 9.95. The molecule has 3 aromatic rings. The molecule has 0 aliphatic carbocycles. The number of amides is 1. The van der Waals surface area contributed by atoms with Gasteiger partial charge >= 0.3 is 0 Å². The predicted molar refractivity (Wildman–Crippen MR) is 114 cm³/mol. The minimum Gasteiger partial charge on any atom is -0.337 e. The van der Waals surface area contributed by atoms with Gasteiger partial charge in [-0.15, -0.1) is 0 Å². The molecule has 1 aliphatic rings. The maximum absolute atomic E-state index is 14.2. The second kappa shape index (κ2) is 9.39. The Morgan fingerprint density at radius 2 is 1.87 bits per heavy atom. The lowest BCUT2D eigenvalue weighted by Crippen LogP contribution is -2.35. The lowest BCUT2D eigenvalue weighted by Gasteiger charge is -2.35. The van der Waals surface area contributed by atoms with Gasteiger partial charge in [-0.1, -0.05) is 42.8 Å². The minimum absolute atomic E-state index is 0.0583. The second-order valence-electron chi connectivity index (χ2n) is 8.03. The van der Waals surface area contributed by atoms with E-state index in [1.807, 2.05) is 35.2 Å². The van der Waals surface area contributed by atoms with Gasteiger partial charge in [0.2, 0.25) is 0 Å². The fraction of sp³-hybridized carbons (Fsp3) is 0.333. The van der Waals surface area contributed by atoms with Gasteiger partial charge in [-0.2, -0.15) is 5.10 Å². The molecule has 0 unspecified atom stereocenters. The zero-order chi connectivity index (χ0) is 21.8. The van der Waals surface area contributed by atoms with E-state index in [1.165, 1.54) is 18.2 Å². The number of piperidine rings is 1. The molecule has 31 heavy (non-hydrogen) atoms. The van der Waals surface area contributed by atoms with E-state index >= 15 is 0 Å². The number of rotatable bonds is 6. The van der Waals surface area contributed by atoms with Crippen molar-refractivity contribution in [2.75, 3.05) is 13.6 Å². The summed E-state index contributed by atoms with van der Waals surface area (Å²) in [6.07, 6.45) is 4.27. The first kappa shape index (κ1) is 21.2. The number of H-pyrrole nitrogens is 1. The van der Waals surface area contributed by atoms with Crippen LogP contribution >= 0.6 is 0 Å². The fourth-order valence-corrected chi connectivity index (χ4v) is 4.25. The molecule has 2 aromatic carbocycles. The van der Waals surface area contributed by atoms with Gasteiger partial charge < -0.3 is 4.90 Å². The van der Waals surface area contributed by atoms with Crippen molar-refractivity contribution >= 4 is 5.91 Å². The number of aromatic nitrogens is 2. The highest BCUT2D eigenvalue weighted by atomic mass is 19.1. The predicted octanol–water partition coefficient (Wildman–Crippen LogP) is 4.69. The van der Waals surface area contributed by atoms with Crippen LogP contribution in [0.25, 0.3) is 0 Å². The molecule has 4 rings (SSSR count). The summed E-state index contributed by atoms with van der Waals surface area (Å²) < 4.78 is 28.5. The topological polar surface area (TPSA) is 52.2 Å². The summed E-state index contributed by atoms with van der Waals surface area (Å²) in [6.45, 7) is 1.33. The van der Waals surface area contributed by atoms with E-state index in [2.05, 4.69) is 10.2 Å². The number of hydrogen-bond donors (Lipinski definition) is 1. The molecule has 1 aliphatic heterocycles. The summed E-state index contributed by atoms with van der Waals surface area (Å²) in [6, 6.07) is 13.6. The quantitative estimate of drug-likeness (QED) is 0.625. The molecule has 0 bridgehead atoms. The fourth-order valence-electron chi connectivity index (χ4n) is 4.25. The summed E-state index contributed by atoms with van der Waals surface area (Å²) in [7, 11) is 1.76. The van der Waals surface area contributed by atoms with Crippen LogP contribution in [0.4, 0.5) is 8.78 Å². The smallest absolute Gasteiger partial charge is 0.257 e. The Kier molecular flexibility index (Phi) is 6.42. The Hall–Kier alpha value is -3.06. The van der Waals surface area contributed by atoms with Gasteiger partial charge in [0.15, 0.2) is 0 Å². The molecule has 1 aromatic heterocycles. The Morgan fingerprint density at radius 3 is 2.61 bits per heavy atom. The second-order valence-corrected chi connectivity index (χ2v) is 8.03. The van der Waals surface area contributed by atoms with Crippen LogP contribution in [0.3, 0.4) is 0 Å². The van der Waals surface area contributed by atoms with E-state index in [-0.39, 0.29) is 24.1 Å². The number of nitrogens with one attached hydrogen (secondary N) is 1. The molecule has 1 amide bonds. The third-order valence-corrected chi connectivity index (χ3v) is 5.88. The Labute approximate surface area is 180 Å². The van der Waals surface area contributed by atoms with Crippen LogP contribution in [0.2, 0.25) is 0 Å². The number of benzene rings is 2. The van der Waals surface area contributed by atoms with E-state index in [0.29, 0.717) is 24.3 Å². The summed E-state index contributed by atoms with van der Waals surface area (Å²) >= 11 is 0. The van der Waals surface area contributed by atoms with Crippen LogP contribution in [0.5, 0.6) is 0 Å². The molecule has 1 fully saturated rings. The first-order valence-electron chi connectivity index (χ1n) is 10.5. The van der Waals surface area contributed by atoms with Crippen LogP contribution in [0.1, 0.15) is 52.5 Å². The number of carbonyl (C=O) groups excluding carboxylic acids is 1. The molecule has 7 heteroatoms. The van der Waals surface area contributed by atoms with Gasteiger partial charge in [0.25, 0.3) is 5.91 Å². The molecule has 1 atom stereocenters. The van der Waals surface area contributed by atoms with E-state index in [4.69, 9.17) is 0 Å². The third kappa shape index (κ3) is 4.66. The van der Waals surface area contributed by atoms with E-state index in [0.717, 1.165) is 24.8 Å². The molecule has 0 radical (unpaired) electrons. The summed E-state index contributed by atoms with van der Waals surface area (Å²) in [4.78, 5) is 16.9. The summed E-state index contributed by atoms with van der Waals surface area (Å²) in [5, 5.41) is 7.13. The molecule has 0 saturated carbocycles. The van der Waals surface area contributed by atoms with Gasteiger partial charge in [-0.05, 0) is 37.1 Å². The lowest BCUT2D eigenvalue weighted by molar-refractivity contribution is 0.0776. The number of carbonyl (C=O) groups is 1. The van der Waals surface area contributed by atoms with Gasteiger partial charge in [0.05, 0.1) is 23.5 Å². The minimum atomic E-state index is -0.548. The summed E-state index contributed by atoms with van der Waals surface area (Å²) in [5.41, 5.74) is 2.31. The Morgan fingerprint density at radius 1 is 1.13 bits per heavy atom. The van der Waals surface area contributed by atoms with Crippen LogP contribution in [0.15, 0.2) is 54.7 Å². The number of aromatic amines is 1. The molecule has 1 saturated heterocycles. The maximum Gasteiger partial charge on any atom is 0.257 e. The van der Waals surface area contributed by atoms with E-state index < -0.39 is 11.6 Å². The Balaban J connectivity index is 1.56. The molecular weight excluding hydrogens is 398 g/mol. The number of nitrogens with zero attached hydrogens (tertiary/aromatic N) is 3. The summed E-state index contributed by atoms with van der Waals surface area (Å²) in [5.74, 6) is -1.23. The number of likely N-dealkylation sites (tertiary alicyclic amines) is 1. The number of halogens is 2. The molecule has 0 spiro atoms. The average Bonchev–Trinajstić information content (AvgIpc) is 3.26. The molecule has 5 nitrogen and oxygen atoms in total. The SMILES string of the molecule is CN(Cc1ccccc1)C(=O)c1cn[nH]c1[C@@H]1CCCCN1Cc1c(F)cccc1F. The monoisotopic (exact) mass is 424 g/mol. The van der Waals surface area contributed by atoms with E-state index in [1.54, 1.807) is 18.1 Å². The van der Waals surface area contributed by atoms with Crippen LogP contribution in [-0.4, -0.2) is 39.5 Å². The zero-order valence-corrected chi connectivity index (χ0v) is 17.5. The van der Waals surface area contributed by atoms with Crippen molar-refractivity contribution in [2.24, 2.45) is 0 Å². The van der Waals surface area contributed by atoms with Crippen LogP contribution in [0, 0.1) is 11.6 Å². The van der Waals surface area contributed by atoms with Crippen molar-refractivity contribution in [1.82, 2.24) is 20.0 Å². The zero-order valence-electron chi connectivity index (χ0n) is 17.5. The number of hydrogen-bond acceptors (Lipinski definition) is 3. The van der Waals surface area contributed by atoms with Crippen molar-refractivity contribution in [3.8, 4) is 0 Å². The maximum atomic E-state index is 14.2. The highest BCUT2D eigenvalue weighted by Gasteiger charge is 2.31. The first-order chi connectivity index (χ1) is 15.0. The highest BCUT2D eigenvalue weighted by Crippen LogP contribution is 2.34. The first-order valence-corrected chi connectivity index (χ1v) is 10.5. The van der Waals surface area contributed by atoms with Crippen molar-refractivity contribution in [1.29, 1.82) is 0 Å².